The highest BCUT2D eigenvalue weighted by atomic mass is 16.5. The molecule has 7 nitrogen and oxygen atoms in total. The van der Waals surface area contributed by atoms with Crippen LogP contribution >= 0.6 is 0 Å². The molecule has 0 saturated carbocycles. The number of aromatic amines is 2. The number of benzene rings is 1. The number of ether oxygens (including phenoxy) is 1. The van der Waals surface area contributed by atoms with E-state index in [1.807, 2.05) is 19.1 Å². The van der Waals surface area contributed by atoms with Gasteiger partial charge in [0.1, 0.15) is 5.69 Å². The Balaban J connectivity index is 1.33. The molecule has 3 N–H and O–H groups in total. The summed E-state index contributed by atoms with van der Waals surface area (Å²) in [7, 11) is 0. The van der Waals surface area contributed by atoms with Gasteiger partial charge in [0.25, 0.3) is 0 Å². The van der Waals surface area contributed by atoms with Crippen molar-refractivity contribution in [3.05, 3.63) is 35.5 Å². The molecule has 3 heterocycles. The number of amides is 1. The number of nitrogens with one attached hydrogen (secondary N) is 3. The van der Waals surface area contributed by atoms with Crippen molar-refractivity contribution in [1.29, 1.82) is 0 Å². The monoisotopic (exact) mass is 449 g/mol. The van der Waals surface area contributed by atoms with Crippen LogP contribution in [-0.4, -0.2) is 57.3 Å². The Morgan fingerprint density at radius 1 is 1.24 bits per heavy atom. The molecular weight excluding hydrogens is 414 g/mol. The molecule has 5 rings (SSSR count). The van der Waals surface area contributed by atoms with Crippen LogP contribution in [0.3, 0.4) is 0 Å². The van der Waals surface area contributed by atoms with E-state index in [0.29, 0.717) is 5.41 Å². The molecule has 33 heavy (non-hydrogen) atoms. The molecule has 1 aliphatic carbocycles. The van der Waals surface area contributed by atoms with Crippen LogP contribution in [0.4, 0.5) is 5.69 Å². The Labute approximate surface area is 195 Å². The van der Waals surface area contributed by atoms with Crippen LogP contribution in [0.2, 0.25) is 0 Å². The van der Waals surface area contributed by atoms with Gasteiger partial charge in [0, 0.05) is 40.9 Å². The minimum Gasteiger partial charge on any atom is -0.373 e. The van der Waals surface area contributed by atoms with E-state index in [2.05, 4.69) is 65.2 Å². The zero-order valence-corrected chi connectivity index (χ0v) is 20.3. The van der Waals surface area contributed by atoms with Crippen molar-refractivity contribution in [3.8, 4) is 11.4 Å². The number of hydrogen-bond acceptors (Lipinski definition) is 4. The zero-order valence-electron chi connectivity index (χ0n) is 20.3. The molecular formula is C26H35N5O2. The maximum atomic E-state index is 12.9. The SMILES string of the molecule is CC(C(=O)Nc1ccc2cc(-c3n[nH]c4c3CCC(C)(C)C4)[nH]c2c1)N1C[C@@H](C)O[C@@H](C)C1. The lowest BCUT2D eigenvalue weighted by Gasteiger charge is -2.38. The highest BCUT2D eigenvalue weighted by molar-refractivity contribution is 5.97. The standard InChI is InChI=1S/C26H35N5O2/c1-15-13-31(14-16(2)33-15)17(3)25(32)27-19-7-6-18-10-22(28-21(18)11-19)24-20-8-9-26(4,5)12-23(20)29-30-24/h6-7,10-11,15-17,28H,8-9,12-14H2,1-5H3,(H,27,32)(H,29,30)/t15-,16+,17?. The molecule has 176 valence electrons. The summed E-state index contributed by atoms with van der Waals surface area (Å²) in [5.41, 5.74) is 6.75. The highest BCUT2D eigenvalue weighted by Crippen LogP contribution is 2.38. The van der Waals surface area contributed by atoms with E-state index >= 15 is 0 Å². The first-order valence-electron chi connectivity index (χ1n) is 12.1. The molecule has 1 unspecified atom stereocenters. The second kappa shape index (κ2) is 8.29. The van der Waals surface area contributed by atoms with Crippen molar-refractivity contribution < 1.29 is 9.53 Å². The van der Waals surface area contributed by atoms with Gasteiger partial charge in [-0.25, -0.2) is 0 Å². The normalized spacial score (nSPS) is 23.9. The number of aromatic nitrogens is 3. The molecule has 3 aromatic rings. The molecule has 1 saturated heterocycles. The Bertz CT molecular complexity index is 1170. The van der Waals surface area contributed by atoms with E-state index < -0.39 is 0 Å². The third-order valence-corrected chi connectivity index (χ3v) is 7.18. The van der Waals surface area contributed by atoms with Crippen molar-refractivity contribution in [1.82, 2.24) is 20.1 Å². The quantitative estimate of drug-likeness (QED) is 0.547. The molecule has 0 bridgehead atoms. The van der Waals surface area contributed by atoms with Gasteiger partial charge in [-0.2, -0.15) is 5.10 Å². The Morgan fingerprint density at radius 2 is 2.00 bits per heavy atom. The van der Waals surface area contributed by atoms with Gasteiger partial charge < -0.3 is 15.0 Å². The van der Waals surface area contributed by atoms with Gasteiger partial charge in [-0.05, 0) is 63.6 Å². The summed E-state index contributed by atoms with van der Waals surface area (Å²) < 4.78 is 5.81. The van der Waals surface area contributed by atoms with E-state index in [-0.39, 0.29) is 24.2 Å². The largest absolute Gasteiger partial charge is 0.373 e. The first-order valence-corrected chi connectivity index (χ1v) is 12.1. The van der Waals surface area contributed by atoms with Gasteiger partial charge in [-0.15, -0.1) is 0 Å². The Kier molecular flexibility index (Phi) is 5.57. The van der Waals surface area contributed by atoms with Crippen molar-refractivity contribution in [2.75, 3.05) is 18.4 Å². The number of carbonyl (C=O) groups is 1. The van der Waals surface area contributed by atoms with Gasteiger partial charge >= 0.3 is 0 Å². The second-order valence-corrected chi connectivity index (χ2v) is 10.7. The topological polar surface area (TPSA) is 86.0 Å². The summed E-state index contributed by atoms with van der Waals surface area (Å²) in [6, 6.07) is 7.97. The van der Waals surface area contributed by atoms with Gasteiger partial charge in [0.15, 0.2) is 0 Å². The molecule has 2 aliphatic rings. The number of fused-ring (bicyclic) bond motifs is 2. The van der Waals surface area contributed by atoms with Gasteiger partial charge in [-0.1, -0.05) is 19.9 Å². The van der Waals surface area contributed by atoms with Crippen LogP contribution in [0.15, 0.2) is 24.3 Å². The Morgan fingerprint density at radius 3 is 2.76 bits per heavy atom. The van der Waals surface area contributed by atoms with Crippen molar-refractivity contribution in [2.45, 2.75) is 72.1 Å². The fourth-order valence-corrected chi connectivity index (χ4v) is 5.35. The number of anilines is 1. The maximum absolute atomic E-state index is 12.9. The summed E-state index contributed by atoms with van der Waals surface area (Å²) >= 11 is 0. The molecule has 7 heteroatoms. The minimum absolute atomic E-state index is 0.00594. The van der Waals surface area contributed by atoms with E-state index in [0.717, 1.165) is 53.9 Å². The summed E-state index contributed by atoms with van der Waals surface area (Å²) in [4.78, 5) is 18.7. The zero-order chi connectivity index (χ0) is 23.3. The van der Waals surface area contributed by atoms with Crippen LogP contribution in [0.1, 0.15) is 52.3 Å². The maximum Gasteiger partial charge on any atom is 0.241 e. The van der Waals surface area contributed by atoms with Crippen molar-refractivity contribution in [3.63, 3.8) is 0 Å². The first kappa shape index (κ1) is 22.2. The van der Waals surface area contributed by atoms with E-state index in [1.54, 1.807) is 0 Å². The smallest absolute Gasteiger partial charge is 0.241 e. The number of hydrogen-bond donors (Lipinski definition) is 3. The van der Waals surface area contributed by atoms with E-state index in [9.17, 15) is 4.79 Å². The average molecular weight is 450 g/mol. The van der Waals surface area contributed by atoms with Crippen LogP contribution in [-0.2, 0) is 22.4 Å². The number of nitrogens with zero attached hydrogens (tertiary/aromatic N) is 2. The highest BCUT2D eigenvalue weighted by Gasteiger charge is 2.30. The molecule has 1 amide bonds. The predicted octanol–water partition coefficient (Wildman–Crippen LogP) is 4.51. The fraction of sp³-hybridized carbons (Fsp3) is 0.538. The van der Waals surface area contributed by atoms with Gasteiger partial charge in [0.05, 0.1) is 23.9 Å². The summed E-state index contributed by atoms with van der Waals surface area (Å²) in [5, 5.41) is 12.1. The van der Waals surface area contributed by atoms with Crippen LogP contribution < -0.4 is 5.32 Å². The molecule has 1 aliphatic heterocycles. The fourth-order valence-electron chi connectivity index (χ4n) is 5.35. The molecule has 0 radical (unpaired) electrons. The Hall–Kier alpha value is -2.64. The van der Waals surface area contributed by atoms with E-state index in [1.165, 1.54) is 17.7 Å². The third kappa shape index (κ3) is 4.44. The number of morpholine rings is 1. The lowest BCUT2D eigenvalue weighted by Crippen LogP contribution is -2.52. The predicted molar refractivity (Wildman–Crippen MR) is 131 cm³/mol. The third-order valence-electron chi connectivity index (χ3n) is 7.18. The number of rotatable bonds is 4. The molecule has 1 fully saturated rings. The lowest BCUT2D eigenvalue weighted by molar-refractivity contribution is -0.126. The number of H-pyrrole nitrogens is 2. The van der Waals surface area contributed by atoms with Gasteiger partial charge in [0.2, 0.25) is 5.91 Å². The van der Waals surface area contributed by atoms with Crippen molar-refractivity contribution >= 4 is 22.5 Å². The van der Waals surface area contributed by atoms with Crippen LogP contribution in [0.5, 0.6) is 0 Å². The summed E-state index contributed by atoms with van der Waals surface area (Å²) in [5.74, 6) is 0.00594. The average Bonchev–Trinajstić information content (AvgIpc) is 3.34. The minimum atomic E-state index is -0.214. The number of carbonyl (C=O) groups excluding carboxylic acids is 1. The molecule has 2 aromatic heterocycles. The van der Waals surface area contributed by atoms with Crippen LogP contribution in [0, 0.1) is 5.41 Å². The summed E-state index contributed by atoms with van der Waals surface area (Å²) in [6.45, 7) is 12.2. The second-order valence-electron chi connectivity index (χ2n) is 10.7. The lowest BCUT2D eigenvalue weighted by atomic mass is 9.76. The summed E-state index contributed by atoms with van der Waals surface area (Å²) in [6.07, 6.45) is 3.52. The molecule has 3 atom stereocenters. The molecule has 1 aromatic carbocycles. The van der Waals surface area contributed by atoms with Crippen molar-refractivity contribution in [2.24, 2.45) is 5.41 Å². The van der Waals surface area contributed by atoms with E-state index in [4.69, 9.17) is 4.74 Å². The van der Waals surface area contributed by atoms with Gasteiger partial charge in [-0.3, -0.25) is 14.8 Å². The molecule has 0 spiro atoms. The van der Waals surface area contributed by atoms with Crippen LogP contribution in [0.25, 0.3) is 22.3 Å². The first-order chi connectivity index (χ1) is 15.7.